The number of hydrogen-bond acceptors (Lipinski definition) is 9. The average Bonchev–Trinajstić information content (AvgIpc) is 3.24. The fraction of sp³-hybridized carbons (Fsp3) is 0.118. The van der Waals surface area contributed by atoms with Gasteiger partial charge in [0.1, 0.15) is 11.5 Å². The molecule has 0 aliphatic rings. The smallest absolute Gasteiger partial charge is 0.272 e. The van der Waals surface area contributed by atoms with Crippen LogP contribution in [0, 0.1) is 13.8 Å². The Kier molecular flexibility index (Phi) is 3.50. The lowest BCUT2D eigenvalue weighted by Crippen LogP contribution is -2.05. The predicted molar refractivity (Wildman–Crippen MR) is 102 cm³/mol. The number of benzene rings is 1. The molecule has 0 bridgehead atoms. The second kappa shape index (κ2) is 6.02. The molecule has 0 saturated carbocycles. The first-order valence-corrected chi connectivity index (χ1v) is 9.02. The van der Waals surface area contributed by atoms with Crippen LogP contribution in [0.5, 0.6) is 0 Å². The number of fused-ring (bicyclic) bond motifs is 2. The van der Waals surface area contributed by atoms with E-state index in [4.69, 9.17) is 0 Å². The van der Waals surface area contributed by atoms with Crippen molar-refractivity contribution in [1.82, 2.24) is 39.7 Å². The lowest BCUT2D eigenvalue weighted by molar-refractivity contribution is 0.841. The van der Waals surface area contributed by atoms with Gasteiger partial charge in [0.05, 0.1) is 21.6 Å². The molecule has 0 aliphatic carbocycles. The third kappa shape index (κ3) is 2.75. The van der Waals surface area contributed by atoms with Gasteiger partial charge in [-0.3, -0.25) is 5.32 Å². The topological polar surface area (TPSA) is 107 Å². The van der Waals surface area contributed by atoms with E-state index < -0.39 is 0 Å². The maximum atomic E-state index is 4.56. The molecule has 1 aromatic carbocycles. The van der Waals surface area contributed by atoms with Crippen LogP contribution in [0.4, 0.5) is 11.1 Å². The van der Waals surface area contributed by atoms with Crippen molar-refractivity contribution in [2.24, 2.45) is 0 Å². The summed E-state index contributed by atoms with van der Waals surface area (Å²) in [5, 5.41) is 16.6. The van der Waals surface area contributed by atoms with Crippen LogP contribution in [0.3, 0.4) is 0 Å². The minimum atomic E-state index is 0.447. The number of rotatable bonds is 3. The first kappa shape index (κ1) is 15.7. The predicted octanol–water partition coefficient (Wildman–Crippen LogP) is 2.95. The van der Waals surface area contributed by atoms with E-state index in [1.165, 1.54) is 0 Å². The van der Waals surface area contributed by atoms with Gasteiger partial charge in [0.15, 0.2) is 5.13 Å². The molecule has 0 amide bonds. The molecule has 27 heavy (non-hydrogen) atoms. The number of anilines is 2. The molecule has 0 saturated heterocycles. The molecule has 0 atom stereocenters. The minimum Gasteiger partial charge on any atom is -0.300 e. The van der Waals surface area contributed by atoms with Gasteiger partial charge in [0.2, 0.25) is 5.95 Å². The number of nitrogens with one attached hydrogen (secondary N) is 1. The van der Waals surface area contributed by atoms with Crippen LogP contribution in [-0.2, 0) is 0 Å². The standard InChI is InChI=1S/C17H13N9S/c1-9-14(23-24-16-19-10(2)25-26(9)16)12-7-8-18-15(20-12)22-17-21-11-5-3-4-6-13(11)27-17/h3-8H,1-2H3,(H,18,20,21,22). The Morgan fingerprint density at radius 3 is 2.78 bits per heavy atom. The second-order valence-electron chi connectivity index (χ2n) is 5.88. The molecule has 0 spiro atoms. The molecule has 10 heteroatoms. The van der Waals surface area contributed by atoms with Gasteiger partial charge in [-0.05, 0) is 32.0 Å². The van der Waals surface area contributed by atoms with Crippen molar-refractivity contribution in [3.05, 3.63) is 48.0 Å². The van der Waals surface area contributed by atoms with E-state index >= 15 is 0 Å². The Balaban J connectivity index is 1.52. The van der Waals surface area contributed by atoms with Crippen LogP contribution in [-0.4, -0.2) is 39.7 Å². The van der Waals surface area contributed by atoms with E-state index in [2.05, 4.69) is 40.5 Å². The lowest BCUT2D eigenvalue weighted by atomic mass is 10.2. The van der Waals surface area contributed by atoms with E-state index in [-0.39, 0.29) is 0 Å². The molecule has 9 nitrogen and oxygen atoms in total. The second-order valence-corrected chi connectivity index (χ2v) is 6.91. The molecule has 0 fully saturated rings. The number of thiazole rings is 1. The average molecular weight is 375 g/mol. The van der Waals surface area contributed by atoms with E-state index in [9.17, 15) is 0 Å². The van der Waals surface area contributed by atoms with Crippen molar-refractivity contribution >= 4 is 38.4 Å². The zero-order valence-corrected chi connectivity index (χ0v) is 15.3. The van der Waals surface area contributed by atoms with Gasteiger partial charge in [-0.2, -0.15) is 9.50 Å². The highest BCUT2D eigenvalue weighted by atomic mass is 32.1. The quantitative estimate of drug-likeness (QED) is 0.513. The number of aryl methyl sites for hydroxylation is 2. The summed E-state index contributed by atoms with van der Waals surface area (Å²) >= 11 is 1.55. The lowest BCUT2D eigenvalue weighted by Gasteiger charge is -2.06. The van der Waals surface area contributed by atoms with Crippen molar-refractivity contribution in [1.29, 1.82) is 0 Å². The monoisotopic (exact) mass is 375 g/mol. The SMILES string of the molecule is Cc1nc2nnc(-c3ccnc(Nc4nc5ccccc5s4)n3)c(C)n2n1. The van der Waals surface area contributed by atoms with Crippen LogP contribution in [0.25, 0.3) is 27.4 Å². The fourth-order valence-electron chi connectivity index (χ4n) is 2.77. The van der Waals surface area contributed by atoms with Crippen molar-refractivity contribution in [2.75, 3.05) is 5.32 Å². The number of hydrogen-bond donors (Lipinski definition) is 1. The van der Waals surface area contributed by atoms with Crippen molar-refractivity contribution in [3.63, 3.8) is 0 Å². The zero-order valence-electron chi connectivity index (χ0n) is 14.5. The van der Waals surface area contributed by atoms with Gasteiger partial charge >= 0.3 is 0 Å². The van der Waals surface area contributed by atoms with Crippen LogP contribution < -0.4 is 5.32 Å². The van der Waals surface area contributed by atoms with Crippen molar-refractivity contribution < 1.29 is 0 Å². The maximum absolute atomic E-state index is 4.56. The Morgan fingerprint density at radius 2 is 1.89 bits per heavy atom. The first-order chi connectivity index (χ1) is 13.2. The van der Waals surface area contributed by atoms with Crippen molar-refractivity contribution in [2.45, 2.75) is 13.8 Å². The first-order valence-electron chi connectivity index (χ1n) is 8.20. The molecule has 0 aliphatic heterocycles. The molecule has 0 unspecified atom stereocenters. The maximum Gasteiger partial charge on any atom is 0.272 e. The van der Waals surface area contributed by atoms with Gasteiger partial charge in [0, 0.05) is 6.20 Å². The summed E-state index contributed by atoms with van der Waals surface area (Å²) in [4.78, 5) is 17.6. The van der Waals surface area contributed by atoms with Crippen LogP contribution in [0.1, 0.15) is 11.5 Å². The van der Waals surface area contributed by atoms with Gasteiger partial charge in [-0.25, -0.2) is 15.0 Å². The molecule has 132 valence electrons. The summed E-state index contributed by atoms with van der Waals surface area (Å²) in [6.45, 7) is 3.73. The van der Waals surface area contributed by atoms with Gasteiger partial charge in [0.25, 0.3) is 5.78 Å². The highest BCUT2D eigenvalue weighted by Crippen LogP contribution is 2.27. The molecular formula is C17H13N9S. The third-order valence-corrected chi connectivity index (χ3v) is 4.96. The van der Waals surface area contributed by atoms with Crippen molar-refractivity contribution in [3.8, 4) is 11.4 Å². The molecule has 1 N–H and O–H groups in total. The minimum absolute atomic E-state index is 0.447. The van der Waals surface area contributed by atoms with Crippen LogP contribution >= 0.6 is 11.3 Å². The molecular weight excluding hydrogens is 362 g/mol. The molecule has 5 rings (SSSR count). The van der Waals surface area contributed by atoms with Gasteiger partial charge < -0.3 is 0 Å². The normalized spacial score (nSPS) is 11.3. The van der Waals surface area contributed by atoms with E-state index in [0.717, 1.165) is 21.0 Å². The molecule has 0 radical (unpaired) electrons. The Hall–Kier alpha value is -3.53. The molecule has 4 aromatic heterocycles. The molecule has 5 aromatic rings. The highest BCUT2D eigenvalue weighted by Gasteiger charge is 2.14. The summed E-state index contributed by atoms with van der Waals surface area (Å²) in [7, 11) is 0. The summed E-state index contributed by atoms with van der Waals surface area (Å²) in [6, 6.07) is 9.75. The van der Waals surface area contributed by atoms with Crippen LogP contribution in [0.2, 0.25) is 0 Å². The largest absolute Gasteiger partial charge is 0.300 e. The van der Waals surface area contributed by atoms with Gasteiger partial charge in [-0.15, -0.1) is 15.3 Å². The molecule has 4 heterocycles. The summed E-state index contributed by atoms with van der Waals surface area (Å²) < 4.78 is 2.77. The van der Waals surface area contributed by atoms with E-state index in [0.29, 0.717) is 28.9 Å². The number of aromatic nitrogens is 8. The number of nitrogens with zero attached hydrogens (tertiary/aromatic N) is 8. The summed E-state index contributed by atoms with van der Waals surface area (Å²) in [5.74, 6) is 1.56. The zero-order chi connectivity index (χ0) is 18.4. The Bertz CT molecular complexity index is 1260. The van der Waals surface area contributed by atoms with Gasteiger partial charge in [-0.1, -0.05) is 23.5 Å². The summed E-state index contributed by atoms with van der Waals surface area (Å²) in [5.41, 5.74) is 3.02. The van der Waals surface area contributed by atoms with Crippen LogP contribution in [0.15, 0.2) is 36.5 Å². The fourth-order valence-corrected chi connectivity index (χ4v) is 3.63. The third-order valence-electron chi connectivity index (χ3n) is 4.01. The van der Waals surface area contributed by atoms with E-state index in [1.807, 2.05) is 38.1 Å². The summed E-state index contributed by atoms with van der Waals surface area (Å²) in [6.07, 6.45) is 1.68. The Labute approximate surface area is 157 Å². The van der Waals surface area contributed by atoms with E-state index in [1.54, 1.807) is 28.1 Å². The number of para-hydroxylation sites is 1. The Morgan fingerprint density at radius 1 is 1.00 bits per heavy atom. The highest BCUT2D eigenvalue weighted by molar-refractivity contribution is 7.22.